The van der Waals surface area contributed by atoms with Crippen LogP contribution in [0.2, 0.25) is 0 Å². The average molecular weight is 444 g/mol. The van der Waals surface area contributed by atoms with Gasteiger partial charge in [-0.2, -0.15) is 0 Å². The number of hydrogen-bond donors (Lipinski definition) is 0. The highest BCUT2D eigenvalue weighted by Gasteiger charge is 2.23. The molecule has 170 valence electrons. The number of pyridine rings is 1. The van der Waals surface area contributed by atoms with Crippen LogP contribution >= 0.6 is 0 Å². The molecule has 0 unspecified atom stereocenters. The molecule has 0 radical (unpaired) electrons. The summed E-state index contributed by atoms with van der Waals surface area (Å²) in [5.74, 6) is -0.0894. The lowest BCUT2D eigenvalue weighted by Crippen LogP contribution is -2.36. The molecule has 0 aliphatic carbocycles. The average Bonchev–Trinajstić information content (AvgIpc) is 3.41. The molecule has 1 fully saturated rings. The molecule has 0 N–H and O–H groups in total. The predicted octanol–water partition coefficient (Wildman–Crippen LogP) is 4.11. The summed E-state index contributed by atoms with van der Waals surface area (Å²) < 4.78 is 5.46. The molecule has 0 saturated carbocycles. The maximum absolute atomic E-state index is 13.1. The molecule has 2 heterocycles. The van der Waals surface area contributed by atoms with Gasteiger partial charge < -0.3 is 14.5 Å². The summed E-state index contributed by atoms with van der Waals surface area (Å²) in [6.45, 7) is 2.47. The largest absolute Gasteiger partial charge is 0.452 e. The number of amides is 1. The van der Waals surface area contributed by atoms with Crippen LogP contribution < -0.4 is 4.90 Å². The van der Waals surface area contributed by atoms with Crippen molar-refractivity contribution in [1.82, 2.24) is 9.88 Å². The zero-order chi connectivity index (χ0) is 22.9. The second kappa shape index (κ2) is 11.3. The van der Waals surface area contributed by atoms with Crippen LogP contribution in [0.25, 0.3) is 0 Å². The van der Waals surface area contributed by atoms with Gasteiger partial charge >= 0.3 is 5.97 Å². The van der Waals surface area contributed by atoms with Crippen LogP contribution in [0.1, 0.15) is 34.3 Å². The summed E-state index contributed by atoms with van der Waals surface area (Å²) in [7, 11) is 0. The Morgan fingerprint density at radius 2 is 1.55 bits per heavy atom. The van der Waals surface area contributed by atoms with Crippen molar-refractivity contribution in [1.29, 1.82) is 0 Å². The zero-order valence-corrected chi connectivity index (χ0v) is 18.7. The SMILES string of the molecule is O=C(OCC(=O)N(CCc1ccccc1)Cc1ccccc1)c1cccnc1N1CCCC1. The molecule has 6 heteroatoms. The van der Waals surface area contributed by atoms with E-state index < -0.39 is 5.97 Å². The van der Waals surface area contributed by atoms with E-state index in [-0.39, 0.29) is 12.5 Å². The van der Waals surface area contributed by atoms with Crippen molar-refractivity contribution >= 4 is 17.7 Å². The number of benzene rings is 2. The Hall–Kier alpha value is -3.67. The van der Waals surface area contributed by atoms with Gasteiger partial charge in [0, 0.05) is 32.4 Å². The highest BCUT2D eigenvalue weighted by Crippen LogP contribution is 2.22. The van der Waals surface area contributed by atoms with E-state index in [9.17, 15) is 9.59 Å². The van der Waals surface area contributed by atoms with Crippen molar-refractivity contribution in [2.24, 2.45) is 0 Å². The number of esters is 1. The Kier molecular flexibility index (Phi) is 7.69. The normalized spacial score (nSPS) is 13.0. The fraction of sp³-hybridized carbons (Fsp3) is 0.296. The molecule has 6 nitrogen and oxygen atoms in total. The van der Waals surface area contributed by atoms with E-state index in [1.54, 1.807) is 23.2 Å². The lowest BCUT2D eigenvalue weighted by atomic mass is 10.1. The Morgan fingerprint density at radius 3 is 2.24 bits per heavy atom. The van der Waals surface area contributed by atoms with Crippen LogP contribution in [0, 0.1) is 0 Å². The first-order valence-corrected chi connectivity index (χ1v) is 11.4. The maximum atomic E-state index is 13.1. The zero-order valence-electron chi connectivity index (χ0n) is 18.7. The molecule has 3 aromatic rings. The predicted molar refractivity (Wildman–Crippen MR) is 128 cm³/mol. The highest BCUT2D eigenvalue weighted by atomic mass is 16.5. The van der Waals surface area contributed by atoms with Gasteiger partial charge in [0.05, 0.1) is 0 Å². The molecule has 1 aromatic heterocycles. The topological polar surface area (TPSA) is 62.7 Å². The van der Waals surface area contributed by atoms with E-state index in [2.05, 4.69) is 9.88 Å². The van der Waals surface area contributed by atoms with Crippen molar-refractivity contribution < 1.29 is 14.3 Å². The Labute approximate surface area is 194 Å². The molecule has 0 spiro atoms. The van der Waals surface area contributed by atoms with Crippen LogP contribution in [-0.2, 0) is 22.5 Å². The van der Waals surface area contributed by atoms with Crippen LogP contribution in [0.15, 0.2) is 79.0 Å². The second-order valence-corrected chi connectivity index (χ2v) is 8.18. The monoisotopic (exact) mass is 443 g/mol. The minimum atomic E-state index is -0.513. The smallest absolute Gasteiger partial charge is 0.342 e. The van der Waals surface area contributed by atoms with E-state index in [0.29, 0.717) is 24.5 Å². The second-order valence-electron chi connectivity index (χ2n) is 8.18. The summed E-state index contributed by atoms with van der Waals surface area (Å²) in [6.07, 6.45) is 4.58. The third kappa shape index (κ3) is 6.19. The first-order valence-electron chi connectivity index (χ1n) is 11.4. The lowest BCUT2D eigenvalue weighted by Gasteiger charge is -2.23. The van der Waals surface area contributed by atoms with Crippen LogP contribution in [0.3, 0.4) is 0 Å². The number of hydrogen-bond acceptors (Lipinski definition) is 5. The van der Waals surface area contributed by atoms with Crippen molar-refractivity contribution in [3.8, 4) is 0 Å². The molecule has 33 heavy (non-hydrogen) atoms. The molecular formula is C27H29N3O3. The molecule has 0 bridgehead atoms. The number of nitrogens with zero attached hydrogens (tertiary/aromatic N) is 3. The molecule has 1 aliphatic rings. The maximum Gasteiger partial charge on any atom is 0.342 e. The number of rotatable bonds is 9. The Balaban J connectivity index is 1.41. The molecular weight excluding hydrogens is 414 g/mol. The standard InChI is InChI=1S/C27H29N3O3/c31-25(21-33-27(32)24-14-9-16-28-26(24)29-17-7-8-18-29)30(20-23-12-5-2-6-13-23)19-15-22-10-3-1-4-11-22/h1-6,9-14,16H,7-8,15,17-21H2. The van der Waals surface area contributed by atoms with Crippen molar-refractivity contribution in [2.75, 3.05) is 31.1 Å². The quantitative estimate of drug-likeness (QED) is 0.466. The van der Waals surface area contributed by atoms with Crippen molar-refractivity contribution in [3.05, 3.63) is 95.7 Å². The highest BCUT2D eigenvalue weighted by molar-refractivity contribution is 5.96. The summed E-state index contributed by atoms with van der Waals surface area (Å²) in [6, 6.07) is 23.3. The number of carbonyl (C=O) groups is 2. The fourth-order valence-electron chi connectivity index (χ4n) is 4.04. The number of aromatic nitrogens is 1. The number of carbonyl (C=O) groups excluding carboxylic acids is 2. The van der Waals surface area contributed by atoms with Crippen LogP contribution in [0.5, 0.6) is 0 Å². The van der Waals surface area contributed by atoms with Gasteiger partial charge in [-0.25, -0.2) is 9.78 Å². The van der Waals surface area contributed by atoms with E-state index in [0.717, 1.165) is 43.5 Å². The van der Waals surface area contributed by atoms with E-state index in [1.165, 1.54) is 0 Å². The summed E-state index contributed by atoms with van der Waals surface area (Å²) in [4.78, 5) is 34.1. The summed E-state index contributed by atoms with van der Waals surface area (Å²) in [5, 5.41) is 0. The first kappa shape index (κ1) is 22.5. The number of anilines is 1. The van der Waals surface area contributed by atoms with Gasteiger partial charge in [-0.3, -0.25) is 4.79 Å². The van der Waals surface area contributed by atoms with Gasteiger partial charge in [0.25, 0.3) is 5.91 Å². The number of ether oxygens (including phenoxy) is 1. The molecule has 0 atom stereocenters. The summed E-state index contributed by atoms with van der Waals surface area (Å²) >= 11 is 0. The van der Waals surface area contributed by atoms with Gasteiger partial charge in [-0.15, -0.1) is 0 Å². The van der Waals surface area contributed by atoms with Gasteiger partial charge in [0.2, 0.25) is 0 Å². The van der Waals surface area contributed by atoms with E-state index in [1.807, 2.05) is 60.7 Å². The lowest BCUT2D eigenvalue weighted by molar-refractivity contribution is -0.135. The Bertz CT molecular complexity index is 1050. The van der Waals surface area contributed by atoms with Gasteiger partial charge in [-0.05, 0) is 42.5 Å². The molecule has 1 amide bonds. The van der Waals surface area contributed by atoms with E-state index >= 15 is 0 Å². The molecule has 2 aromatic carbocycles. The fourth-order valence-corrected chi connectivity index (χ4v) is 4.04. The third-order valence-electron chi connectivity index (χ3n) is 5.82. The van der Waals surface area contributed by atoms with Crippen LogP contribution in [0.4, 0.5) is 5.82 Å². The third-order valence-corrected chi connectivity index (χ3v) is 5.82. The Morgan fingerprint density at radius 1 is 0.879 bits per heavy atom. The summed E-state index contributed by atoms with van der Waals surface area (Å²) in [5.41, 5.74) is 2.60. The molecule has 4 rings (SSSR count). The van der Waals surface area contributed by atoms with Gasteiger partial charge in [0.1, 0.15) is 11.4 Å². The molecule has 1 saturated heterocycles. The molecule has 1 aliphatic heterocycles. The van der Waals surface area contributed by atoms with E-state index in [4.69, 9.17) is 4.74 Å². The van der Waals surface area contributed by atoms with Gasteiger partial charge in [0.15, 0.2) is 6.61 Å². The van der Waals surface area contributed by atoms with Crippen LogP contribution in [-0.4, -0.2) is 48.0 Å². The minimum absolute atomic E-state index is 0.213. The van der Waals surface area contributed by atoms with Crippen molar-refractivity contribution in [3.63, 3.8) is 0 Å². The minimum Gasteiger partial charge on any atom is -0.452 e. The first-order chi connectivity index (χ1) is 16.2. The van der Waals surface area contributed by atoms with Gasteiger partial charge in [-0.1, -0.05) is 60.7 Å². The van der Waals surface area contributed by atoms with Crippen molar-refractivity contribution in [2.45, 2.75) is 25.8 Å².